The summed E-state index contributed by atoms with van der Waals surface area (Å²) in [4.78, 5) is 12.4. The number of unbranched alkanes of at least 4 members (excludes halogenated alkanes) is 43. The highest BCUT2D eigenvalue weighted by Crippen LogP contribution is 2.18. The Bertz CT molecular complexity index is 799. The van der Waals surface area contributed by atoms with Gasteiger partial charge >= 0.3 is 0 Å². The molecule has 0 aromatic carbocycles. The zero-order chi connectivity index (χ0) is 42.1. The van der Waals surface area contributed by atoms with Gasteiger partial charge in [-0.3, -0.25) is 4.79 Å². The van der Waals surface area contributed by atoms with E-state index in [1.807, 2.05) is 6.08 Å². The SMILES string of the molecule is CCCCCCCCCC/C=C/[C@@H](O)[C@H](CO)NC(=O)CCCCCCCCCCCCCCCCCCCCCCCCCCCCCCCCCCCCCC. The van der Waals surface area contributed by atoms with Gasteiger partial charge in [-0.2, -0.15) is 0 Å². The summed E-state index contributed by atoms with van der Waals surface area (Å²) in [7, 11) is 0. The minimum atomic E-state index is -0.833. The van der Waals surface area contributed by atoms with Crippen LogP contribution < -0.4 is 5.32 Å². The summed E-state index contributed by atoms with van der Waals surface area (Å²) in [6, 6.07) is -0.616. The van der Waals surface area contributed by atoms with E-state index >= 15 is 0 Å². The molecule has 2 atom stereocenters. The number of aliphatic hydroxyl groups excluding tert-OH is 2. The number of allylic oxidation sites excluding steroid dienone is 1. The first-order valence-electron chi connectivity index (χ1n) is 26.9. The van der Waals surface area contributed by atoms with Crippen LogP contribution in [0, 0.1) is 0 Å². The fourth-order valence-electron chi connectivity index (χ4n) is 8.65. The average molecular weight is 818 g/mol. The molecule has 4 nitrogen and oxygen atoms in total. The Kier molecular flexibility index (Phi) is 49.7. The van der Waals surface area contributed by atoms with Crippen LogP contribution in [0.2, 0.25) is 0 Å². The molecule has 4 heteroatoms. The summed E-state index contributed by atoms with van der Waals surface area (Å²) >= 11 is 0. The molecule has 1 amide bonds. The fourth-order valence-corrected chi connectivity index (χ4v) is 8.65. The van der Waals surface area contributed by atoms with Crippen molar-refractivity contribution in [1.29, 1.82) is 0 Å². The van der Waals surface area contributed by atoms with Crippen molar-refractivity contribution in [2.24, 2.45) is 0 Å². The van der Waals surface area contributed by atoms with Crippen molar-refractivity contribution in [1.82, 2.24) is 5.32 Å². The minimum Gasteiger partial charge on any atom is -0.394 e. The molecule has 0 saturated carbocycles. The Morgan fingerprint density at radius 2 is 0.638 bits per heavy atom. The van der Waals surface area contributed by atoms with Crippen LogP contribution in [0.15, 0.2) is 12.2 Å². The molecule has 0 aliphatic carbocycles. The molecule has 0 radical (unpaired) electrons. The lowest BCUT2D eigenvalue weighted by atomic mass is 10.0. The number of hydrogen-bond acceptors (Lipinski definition) is 3. The molecule has 0 aliphatic heterocycles. The van der Waals surface area contributed by atoms with Crippen LogP contribution in [0.25, 0.3) is 0 Å². The molecule has 0 aromatic heterocycles. The first-order chi connectivity index (χ1) is 28.7. The number of nitrogens with one attached hydrogen (secondary N) is 1. The molecule has 0 aromatic rings. The highest BCUT2D eigenvalue weighted by Gasteiger charge is 2.18. The molecule has 0 saturated heterocycles. The van der Waals surface area contributed by atoms with Crippen molar-refractivity contribution in [2.75, 3.05) is 6.61 Å². The van der Waals surface area contributed by atoms with Crippen LogP contribution in [0.3, 0.4) is 0 Å². The molecular weight excluding hydrogens is 711 g/mol. The molecule has 346 valence electrons. The Labute approximate surface area is 365 Å². The van der Waals surface area contributed by atoms with Gasteiger partial charge in [-0.25, -0.2) is 0 Å². The molecule has 0 unspecified atom stereocenters. The number of hydrogen-bond donors (Lipinski definition) is 3. The summed E-state index contributed by atoms with van der Waals surface area (Å²) in [6.07, 6.45) is 65.4. The van der Waals surface area contributed by atoms with Crippen molar-refractivity contribution >= 4 is 5.91 Å². The van der Waals surface area contributed by atoms with E-state index in [9.17, 15) is 15.0 Å². The molecule has 0 fully saturated rings. The third-order valence-corrected chi connectivity index (χ3v) is 12.8. The fraction of sp³-hybridized carbons (Fsp3) is 0.944. The van der Waals surface area contributed by atoms with Gasteiger partial charge in [-0.15, -0.1) is 0 Å². The first-order valence-corrected chi connectivity index (χ1v) is 26.9. The summed E-state index contributed by atoms with van der Waals surface area (Å²) in [5.41, 5.74) is 0. The number of amides is 1. The van der Waals surface area contributed by atoms with Crippen LogP contribution in [0.5, 0.6) is 0 Å². The quantitative estimate of drug-likeness (QED) is 0.0423. The molecular formula is C54H107NO3. The number of aliphatic hydroxyl groups is 2. The van der Waals surface area contributed by atoms with Crippen LogP contribution in [0.1, 0.15) is 309 Å². The molecule has 3 N–H and O–H groups in total. The highest BCUT2D eigenvalue weighted by atomic mass is 16.3. The normalized spacial score (nSPS) is 12.8. The van der Waals surface area contributed by atoms with Crippen LogP contribution in [-0.4, -0.2) is 34.9 Å². The largest absolute Gasteiger partial charge is 0.394 e. The van der Waals surface area contributed by atoms with Gasteiger partial charge in [0, 0.05) is 6.42 Å². The predicted molar refractivity (Wildman–Crippen MR) is 258 cm³/mol. The maximum Gasteiger partial charge on any atom is 0.220 e. The van der Waals surface area contributed by atoms with Gasteiger partial charge in [0.2, 0.25) is 5.91 Å². The molecule has 0 rings (SSSR count). The second-order valence-electron chi connectivity index (χ2n) is 18.7. The summed E-state index contributed by atoms with van der Waals surface area (Å²) < 4.78 is 0. The molecule has 0 aliphatic rings. The second-order valence-corrected chi connectivity index (χ2v) is 18.7. The Morgan fingerprint density at radius 3 is 0.897 bits per heavy atom. The number of rotatable bonds is 50. The zero-order valence-electron chi connectivity index (χ0n) is 39.8. The van der Waals surface area contributed by atoms with E-state index in [4.69, 9.17) is 0 Å². The second kappa shape index (κ2) is 50.5. The maximum absolute atomic E-state index is 12.4. The Hall–Kier alpha value is -0.870. The lowest BCUT2D eigenvalue weighted by Gasteiger charge is -2.20. The van der Waals surface area contributed by atoms with Gasteiger partial charge < -0.3 is 15.5 Å². The van der Waals surface area contributed by atoms with Crippen LogP contribution >= 0.6 is 0 Å². The average Bonchev–Trinajstić information content (AvgIpc) is 3.23. The Balaban J connectivity index is 3.32. The highest BCUT2D eigenvalue weighted by molar-refractivity contribution is 5.76. The van der Waals surface area contributed by atoms with Crippen molar-refractivity contribution in [3.05, 3.63) is 12.2 Å². The lowest BCUT2D eigenvalue weighted by Crippen LogP contribution is -2.45. The van der Waals surface area contributed by atoms with E-state index in [2.05, 4.69) is 19.2 Å². The summed E-state index contributed by atoms with van der Waals surface area (Å²) in [6.45, 7) is 4.31. The van der Waals surface area contributed by atoms with E-state index in [1.165, 1.54) is 263 Å². The summed E-state index contributed by atoms with van der Waals surface area (Å²) in [5, 5.41) is 23.0. The third-order valence-electron chi connectivity index (χ3n) is 12.8. The molecule has 0 spiro atoms. The van der Waals surface area contributed by atoms with E-state index in [-0.39, 0.29) is 12.5 Å². The van der Waals surface area contributed by atoms with E-state index in [0.29, 0.717) is 6.42 Å². The van der Waals surface area contributed by atoms with Gasteiger partial charge in [-0.1, -0.05) is 296 Å². The zero-order valence-corrected chi connectivity index (χ0v) is 39.8. The Morgan fingerprint density at radius 1 is 0.397 bits per heavy atom. The molecule has 0 heterocycles. The number of carbonyl (C=O) groups is 1. The summed E-state index contributed by atoms with van der Waals surface area (Å²) in [5.74, 6) is -0.0595. The number of carbonyl (C=O) groups excluding carboxylic acids is 1. The maximum atomic E-state index is 12.4. The van der Waals surface area contributed by atoms with Gasteiger partial charge in [0.1, 0.15) is 0 Å². The van der Waals surface area contributed by atoms with Crippen molar-refractivity contribution in [3.8, 4) is 0 Å². The van der Waals surface area contributed by atoms with Crippen LogP contribution in [0.4, 0.5) is 0 Å². The third kappa shape index (κ3) is 46.2. The standard InChI is InChI=1S/C54H107NO3/c1-3-5-7-9-11-13-15-16-17-18-19-20-21-22-23-24-25-26-27-28-29-30-31-32-33-34-35-36-37-38-39-40-42-44-46-48-50-54(58)55-52(51-56)53(57)49-47-45-43-41-14-12-10-8-6-4-2/h47,49,52-53,56-57H,3-46,48,50-51H2,1-2H3,(H,55,58)/b49-47+/t52-,53+/m0/s1. The minimum absolute atomic E-state index is 0.0595. The van der Waals surface area contributed by atoms with E-state index in [1.54, 1.807) is 6.08 Å². The van der Waals surface area contributed by atoms with Gasteiger partial charge in [0.05, 0.1) is 18.8 Å². The first kappa shape index (κ1) is 57.1. The molecule has 58 heavy (non-hydrogen) atoms. The monoisotopic (exact) mass is 818 g/mol. The molecule has 0 bridgehead atoms. The van der Waals surface area contributed by atoms with E-state index < -0.39 is 12.1 Å². The van der Waals surface area contributed by atoms with Gasteiger partial charge in [0.15, 0.2) is 0 Å². The van der Waals surface area contributed by atoms with Crippen molar-refractivity contribution < 1.29 is 15.0 Å². The van der Waals surface area contributed by atoms with E-state index in [0.717, 1.165) is 25.7 Å². The predicted octanol–water partition coefficient (Wildman–Crippen LogP) is 17.4. The lowest BCUT2D eigenvalue weighted by molar-refractivity contribution is -0.123. The smallest absolute Gasteiger partial charge is 0.220 e. The van der Waals surface area contributed by atoms with Crippen molar-refractivity contribution in [3.63, 3.8) is 0 Å². The van der Waals surface area contributed by atoms with Crippen LogP contribution in [-0.2, 0) is 4.79 Å². The van der Waals surface area contributed by atoms with Gasteiger partial charge in [0.25, 0.3) is 0 Å². The van der Waals surface area contributed by atoms with Gasteiger partial charge in [-0.05, 0) is 19.3 Å². The van der Waals surface area contributed by atoms with Crippen molar-refractivity contribution in [2.45, 2.75) is 321 Å². The topological polar surface area (TPSA) is 69.6 Å².